The second kappa shape index (κ2) is 8.68. The zero-order valence-corrected chi connectivity index (χ0v) is 14.8. The maximum Gasteiger partial charge on any atom is 0.387 e. The summed E-state index contributed by atoms with van der Waals surface area (Å²) >= 11 is 1.34. The summed E-state index contributed by atoms with van der Waals surface area (Å²) in [6.07, 6.45) is 0.0956. The number of alkyl halides is 2. The van der Waals surface area contributed by atoms with E-state index in [-0.39, 0.29) is 30.4 Å². The van der Waals surface area contributed by atoms with Gasteiger partial charge in [0.15, 0.2) is 0 Å². The summed E-state index contributed by atoms with van der Waals surface area (Å²) in [5.41, 5.74) is 2.01. The molecule has 0 aliphatic heterocycles. The number of hydrogen-bond acceptors (Lipinski definition) is 4. The Balaban J connectivity index is 1.52. The number of ether oxygens (including phenoxy) is 1. The molecule has 2 aromatic carbocycles. The van der Waals surface area contributed by atoms with Crippen LogP contribution in [0.3, 0.4) is 0 Å². The van der Waals surface area contributed by atoms with E-state index in [0.29, 0.717) is 16.3 Å². The average Bonchev–Trinajstić information content (AvgIpc) is 3.09. The van der Waals surface area contributed by atoms with Gasteiger partial charge in [0.2, 0.25) is 5.91 Å². The number of carbonyl (C=O) groups excluding carboxylic acids is 1. The number of carbonyl (C=O) groups is 1. The Hall–Kier alpha value is -2.87. The van der Waals surface area contributed by atoms with Gasteiger partial charge in [0, 0.05) is 17.5 Å². The molecule has 0 spiro atoms. The predicted octanol–water partition coefficient (Wildman–Crippen LogP) is 4.41. The van der Waals surface area contributed by atoms with Crippen molar-refractivity contribution in [3.8, 4) is 16.3 Å². The number of hydrogen-bond donors (Lipinski definition) is 1. The maximum atomic E-state index is 13.3. The molecule has 0 aliphatic rings. The Morgan fingerprint density at radius 2 is 1.96 bits per heavy atom. The zero-order chi connectivity index (χ0) is 19.2. The van der Waals surface area contributed by atoms with E-state index in [1.807, 2.05) is 0 Å². The summed E-state index contributed by atoms with van der Waals surface area (Å²) in [7, 11) is 0. The highest BCUT2D eigenvalue weighted by atomic mass is 32.1. The van der Waals surface area contributed by atoms with Crippen molar-refractivity contribution in [3.63, 3.8) is 0 Å². The van der Waals surface area contributed by atoms with E-state index >= 15 is 0 Å². The van der Waals surface area contributed by atoms with Crippen LogP contribution in [0.25, 0.3) is 10.6 Å². The van der Waals surface area contributed by atoms with E-state index in [9.17, 15) is 18.0 Å². The van der Waals surface area contributed by atoms with Gasteiger partial charge >= 0.3 is 6.61 Å². The minimum absolute atomic E-state index is 0.0624. The van der Waals surface area contributed by atoms with Crippen molar-refractivity contribution in [1.29, 1.82) is 0 Å². The molecule has 3 rings (SSSR count). The Morgan fingerprint density at radius 3 is 2.67 bits per heavy atom. The van der Waals surface area contributed by atoms with Gasteiger partial charge in [0.25, 0.3) is 0 Å². The van der Waals surface area contributed by atoms with Crippen LogP contribution in [-0.2, 0) is 17.8 Å². The maximum absolute atomic E-state index is 13.3. The number of nitrogens with one attached hydrogen (secondary N) is 1. The fourth-order valence-electron chi connectivity index (χ4n) is 2.36. The number of halogens is 3. The molecule has 0 saturated heterocycles. The van der Waals surface area contributed by atoms with Crippen molar-refractivity contribution in [2.24, 2.45) is 0 Å². The summed E-state index contributed by atoms with van der Waals surface area (Å²) in [4.78, 5) is 16.4. The van der Waals surface area contributed by atoms with E-state index in [2.05, 4.69) is 15.0 Å². The fraction of sp³-hybridized carbons (Fsp3) is 0.158. The van der Waals surface area contributed by atoms with Gasteiger partial charge in [-0.1, -0.05) is 24.3 Å². The Bertz CT molecular complexity index is 913. The molecule has 0 unspecified atom stereocenters. The lowest BCUT2D eigenvalue weighted by Crippen LogP contribution is -2.24. The second-order valence-electron chi connectivity index (χ2n) is 5.63. The van der Waals surface area contributed by atoms with Crippen molar-refractivity contribution in [2.45, 2.75) is 19.6 Å². The number of thiazole rings is 1. The lowest BCUT2D eigenvalue weighted by atomic mass is 10.2. The molecule has 1 N–H and O–H groups in total. The SMILES string of the molecule is O=C(Cc1csc(-c2cccc(F)c2)n1)NCc1ccc(OC(F)F)cc1. The molecule has 1 amide bonds. The van der Waals surface area contributed by atoms with Crippen LogP contribution in [0, 0.1) is 5.82 Å². The third-order valence-corrected chi connectivity index (χ3v) is 4.54. The minimum atomic E-state index is -2.87. The molecule has 0 fully saturated rings. The molecule has 4 nitrogen and oxygen atoms in total. The summed E-state index contributed by atoms with van der Waals surface area (Å²) in [6.45, 7) is -2.61. The van der Waals surface area contributed by atoms with Crippen molar-refractivity contribution in [3.05, 3.63) is 71.0 Å². The molecule has 8 heteroatoms. The van der Waals surface area contributed by atoms with Crippen molar-refractivity contribution >= 4 is 17.2 Å². The molecule has 1 aromatic heterocycles. The number of rotatable bonds is 7. The molecule has 3 aromatic rings. The lowest BCUT2D eigenvalue weighted by molar-refractivity contribution is -0.120. The summed E-state index contributed by atoms with van der Waals surface area (Å²) < 4.78 is 41.8. The van der Waals surface area contributed by atoms with Crippen LogP contribution in [-0.4, -0.2) is 17.5 Å². The molecule has 0 bridgehead atoms. The van der Waals surface area contributed by atoms with Crippen LogP contribution >= 0.6 is 11.3 Å². The number of benzene rings is 2. The van der Waals surface area contributed by atoms with Crippen LogP contribution in [0.1, 0.15) is 11.3 Å². The van der Waals surface area contributed by atoms with Gasteiger partial charge < -0.3 is 10.1 Å². The monoisotopic (exact) mass is 392 g/mol. The van der Waals surface area contributed by atoms with Crippen LogP contribution < -0.4 is 10.1 Å². The van der Waals surface area contributed by atoms with Crippen LogP contribution in [0.5, 0.6) is 5.75 Å². The first-order valence-electron chi connectivity index (χ1n) is 8.00. The third-order valence-electron chi connectivity index (χ3n) is 3.60. The summed E-state index contributed by atoms with van der Waals surface area (Å²) in [5, 5.41) is 5.15. The molecule has 0 saturated carbocycles. The number of aromatic nitrogens is 1. The first-order chi connectivity index (χ1) is 13.0. The summed E-state index contributed by atoms with van der Waals surface area (Å²) in [5.74, 6) is -0.501. The smallest absolute Gasteiger partial charge is 0.387 e. The van der Waals surface area contributed by atoms with Gasteiger partial charge in [-0.05, 0) is 29.8 Å². The number of amides is 1. The van der Waals surface area contributed by atoms with Crippen molar-refractivity contribution < 1.29 is 22.7 Å². The van der Waals surface area contributed by atoms with Crippen LogP contribution in [0.4, 0.5) is 13.2 Å². The molecule has 0 atom stereocenters. The van der Waals surface area contributed by atoms with E-state index < -0.39 is 6.61 Å². The van der Waals surface area contributed by atoms with Crippen LogP contribution in [0.15, 0.2) is 53.9 Å². The minimum Gasteiger partial charge on any atom is -0.435 e. The van der Waals surface area contributed by atoms with E-state index in [1.165, 1.54) is 35.6 Å². The molecular formula is C19H15F3N2O2S. The topological polar surface area (TPSA) is 51.2 Å². The third kappa shape index (κ3) is 5.55. The van der Waals surface area contributed by atoms with Crippen molar-refractivity contribution in [2.75, 3.05) is 0 Å². The van der Waals surface area contributed by atoms with E-state index in [1.54, 1.807) is 29.6 Å². The normalized spacial score (nSPS) is 10.8. The molecule has 0 radical (unpaired) electrons. The Morgan fingerprint density at radius 1 is 1.19 bits per heavy atom. The first-order valence-corrected chi connectivity index (χ1v) is 8.88. The standard InChI is InChI=1S/C19H15F3N2O2S/c20-14-3-1-2-13(8-14)18-24-15(11-27-18)9-17(25)23-10-12-4-6-16(7-5-12)26-19(21)22/h1-8,11,19H,9-10H2,(H,23,25). The second-order valence-corrected chi connectivity index (χ2v) is 6.49. The van der Waals surface area contributed by atoms with Crippen molar-refractivity contribution in [1.82, 2.24) is 10.3 Å². The van der Waals surface area contributed by atoms with Crippen LogP contribution in [0.2, 0.25) is 0 Å². The van der Waals surface area contributed by atoms with Gasteiger partial charge in [0.1, 0.15) is 16.6 Å². The average molecular weight is 392 g/mol. The Labute approximate surface area is 157 Å². The van der Waals surface area contributed by atoms with E-state index in [4.69, 9.17) is 0 Å². The summed E-state index contributed by atoms with van der Waals surface area (Å²) in [6, 6.07) is 12.1. The van der Waals surface area contributed by atoms with E-state index in [0.717, 1.165) is 5.56 Å². The highest BCUT2D eigenvalue weighted by molar-refractivity contribution is 7.13. The predicted molar refractivity (Wildman–Crippen MR) is 96.1 cm³/mol. The first kappa shape index (κ1) is 18.9. The molecule has 1 heterocycles. The zero-order valence-electron chi connectivity index (χ0n) is 14.0. The molecule has 27 heavy (non-hydrogen) atoms. The quantitative estimate of drug-likeness (QED) is 0.648. The highest BCUT2D eigenvalue weighted by Gasteiger charge is 2.10. The molecular weight excluding hydrogens is 377 g/mol. The number of nitrogens with zero attached hydrogens (tertiary/aromatic N) is 1. The molecule has 0 aliphatic carbocycles. The lowest BCUT2D eigenvalue weighted by Gasteiger charge is -2.07. The Kier molecular flexibility index (Phi) is 6.08. The van der Waals surface area contributed by atoms with Gasteiger partial charge in [-0.15, -0.1) is 11.3 Å². The largest absolute Gasteiger partial charge is 0.435 e. The molecule has 140 valence electrons. The van der Waals surface area contributed by atoms with Gasteiger partial charge in [-0.25, -0.2) is 9.37 Å². The fourth-order valence-corrected chi connectivity index (χ4v) is 3.18. The van der Waals surface area contributed by atoms with Gasteiger partial charge in [-0.2, -0.15) is 8.78 Å². The van der Waals surface area contributed by atoms with Gasteiger partial charge in [-0.3, -0.25) is 4.79 Å². The highest BCUT2D eigenvalue weighted by Crippen LogP contribution is 2.24. The van der Waals surface area contributed by atoms with Gasteiger partial charge in [0.05, 0.1) is 12.1 Å².